The lowest BCUT2D eigenvalue weighted by atomic mass is 10.0. The molecule has 8 heteroatoms. The summed E-state index contributed by atoms with van der Waals surface area (Å²) in [5.41, 5.74) is 0.887. The van der Waals surface area contributed by atoms with Crippen LogP contribution in [0.4, 0.5) is 0 Å². The average Bonchev–Trinajstić information content (AvgIpc) is 2.65. The highest BCUT2D eigenvalue weighted by molar-refractivity contribution is 6.31. The number of amides is 1. The summed E-state index contributed by atoms with van der Waals surface area (Å²) in [7, 11) is 0. The van der Waals surface area contributed by atoms with Crippen molar-refractivity contribution in [1.82, 2.24) is 14.7 Å². The molecule has 0 atom stereocenters. The number of Topliss-reactive ketones (excluding diaryl/α,β-unsaturated/α-hetero) is 1. The van der Waals surface area contributed by atoms with Crippen LogP contribution in [0.25, 0.3) is 0 Å². The molecule has 0 aromatic heterocycles. The third kappa shape index (κ3) is 5.19. The summed E-state index contributed by atoms with van der Waals surface area (Å²) in [5.74, 6) is -0.0616. The fourth-order valence-electron chi connectivity index (χ4n) is 3.49. The van der Waals surface area contributed by atoms with E-state index in [4.69, 9.17) is 16.3 Å². The molecule has 1 aromatic carbocycles. The first kappa shape index (κ1) is 20.1. The SMILES string of the molecule is CC(=O)c1cc(Cl)cc(CN2CCN(C(=O)CN3CCOCC3)CC2)c1O. The molecule has 0 radical (unpaired) electrons. The fraction of sp³-hybridized carbons (Fsp3) is 0.579. The number of hydrogen-bond acceptors (Lipinski definition) is 6. The lowest BCUT2D eigenvalue weighted by Gasteiger charge is -2.36. The number of piperazine rings is 1. The van der Waals surface area contributed by atoms with Gasteiger partial charge in [-0.25, -0.2) is 0 Å². The van der Waals surface area contributed by atoms with E-state index in [1.54, 1.807) is 6.07 Å². The molecule has 1 aromatic rings. The van der Waals surface area contributed by atoms with Gasteiger partial charge in [0.05, 0.1) is 25.3 Å². The lowest BCUT2D eigenvalue weighted by molar-refractivity contribution is -0.135. The van der Waals surface area contributed by atoms with Crippen LogP contribution in [0.3, 0.4) is 0 Å². The highest BCUT2D eigenvalue weighted by Crippen LogP contribution is 2.29. The summed E-state index contributed by atoms with van der Waals surface area (Å²) in [5, 5.41) is 10.8. The van der Waals surface area contributed by atoms with Crippen molar-refractivity contribution in [2.45, 2.75) is 13.5 Å². The topological polar surface area (TPSA) is 73.3 Å². The van der Waals surface area contributed by atoms with E-state index >= 15 is 0 Å². The van der Waals surface area contributed by atoms with Crippen molar-refractivity contribution in [3.63, 3.8) is 0 Å². The molecule has 2 aliphatic heterocycles. The molecule has 1 N–H and O–H groups in total. The number of phenolic OH excluding ortho intramolecular Hbond substituents is 1. The van der Waals surface area contributed by atoms with Gasteiger partial charge in [-0.15, -0.1) is 0 Å². The number of carbonyl (C=O) groups is 2. The highest BCUT2D eigenvalue weighted by Gasteiger charge is 2.24. The number of halogens is 1. The maximum absolute atomic E-state index is 12.5. The number of hydrogen-bond donors (Lipinski definition) is 1. The number of phenols is 1. The predicted octanol–water partition coefficient (Wildman–Crippen LogP) is 1.22. The van der Waals surface area contributed by atoms with Crippen LogP contribution in [0.5, 0.6) is 5.75 Å². The van der Waals surface area contributed by atoms with Gasteiger partial charge in [0, 0.05) is 56.4 Å². The summed E-state index contributed by atoms with van der Waals surface area (Å²) >= 11 is 6.09. The fourth-order valence-corrected chi connectivity index (χ4v) is 3.73. The smallest absolute Gasteiger partial charge is 0.236 e. The third-order valence-corrected chi connectivity index (χ3v) is 5.33. The molecule has 148 valence electrons. The molecule has 0 saturated carbocycles. The first-order valence-electron chi connectivity index (χ1n) is 9.26. The van der Waals surface area contributed by atoms with Crippen LogP contribution in [-0.2, 0) is 16.1 Å². The number of carbonyl (C=O) groups excluding carboxylic acids is 2. The largest absolute Gasteiger partial charge is 0.507 e. The number of ketones is 1. The molecule has 0 spiro atoms. The normalized spacial score (nSPS) is 19.3. The average molecular weight is 396 g/mol. The van der Waals surface area contributed by atoms with Crippen molar-refractivity contribution < 1.29 is 19.4 Å². The maximum atomic E-state index is 12.5. The first-order chi connectivity index (χ1) is 12.9. The van der Waals surface area contributed by atoms with Crippen molar-refractivity contribution in [2.24, 2.45) is 0 Å². The predicted molar refractivity (Wildman–Crippen MR) is 102 cm³/mol. The Morgan fingerprint density at radius 3 is 2.37 bits per heavy atom. The van der Waals surface area contributed by atoms with Crippen molar-refractivity contribution in [1.29, 1.82) is 0 Å². The van der Waals surface area contributed by atoms with Crippen molar-refractivity contribution in [3.8, 4) is 5.75 Å². The molecule has 2 aliphatic rings. The van der Waals surface area contributed by atoms with E-state index in [-0.39, 0.29) is 23.0 Å². The van der Waals surface area contributed by atoms with Crippen molar-refractivity contribution >= 4 is 23.3 Å². The third-order valence-electron chi connectivity index (χ3n) is 5.11. The minimum Gasteiger partial charge on any atom is -0.507 e. The Kier molecular flexibility index (Phi) is 6.70. The molecule has 0 aliphatic carbocycles. The van der Waals surface area contributed by atoms with Crippen LogP contribution in [0.1, 0.15) is 22.8 Å². The summed E-state index contributed by atoms with van der Waals surface area (Å²) in [6.07, 6.45) is 0. The summed E-state index contributed by atoms with van der Waals surface area (Å²) in [4.78, 5) is 30.3. The number of nitrogens with zero attached hydrogens (tertiary/aromatic N) is 3. The van der Waals surface area contributed by atoms with Crippen LogP contribution < -0.4 is 0 Å². The van der Waals surface area contributed by atoms with Crippen LogP contribution in [-0.4, -0.2) is 90.5 Å². The molecular weight excluding hydrogens is 370 g/mol. The molecule has 7 nitrogen and oxygen atoms in total. The van der Waals surface area contributed by atoms with Gasteiger partial charge in [0.2, 0.25) is 5.91 Å². The Morgan fingerprint density at radius 1 is 1.07 bits per heavy atom. The van der Waals surface area contributed by atoms with Gasteiger partial charge >= 0.3 is 0 Å². The van der Waals surface area contributed by atoms with E-state index in [0.717, 1.165) is 26.2 Å². The van der Waals surface area contributed by atoms with E-state index in [1.165, 1.54) is 13.0 Å². The van der Waals surface area contributed by atoms with E-state index in [2.05, 4.69) is 9.80 Å². The van der Waals surface area contributed by atoms with E-state index in [0.29, 0.717) is 50.0 Å². The summed E-state index contributed by atoms with van der Waals surface area (Å²) in [6, 6.07) is 3.18. The zero-order valence-corrected chi connectivity index (χ0v) is 16.4. The Hall–Kier alpha value is -1.67. The highest BCUT2D eigenvalue weighted by atomic mass is 35.5. The number of benzene rings is 1. The van der Waals surface area contributed by atoms with E-state index in [9.17, 15) is 14.7 Å². The number of aromatic hydroxyl groups is 1. The number of rotatable bonds is 5. The van der Waals surface area contributed by atoms with Crippen molar-refractivity contribution in [3.05, 3.63) is 28.3 Å². The van der Waals surface area contributed by atoms with Gasteiger partial charge in [0.1, 0.15) is 5.75 Å². The van der Waals surface area contributed by atoms with E-state index < -0.39 is 0 Å². The molecule has 3 rings (SSSR count). The summed E-state index contributed by atoms with van der Waals surface area (Å²) < 4.78 is 5.31. The molecule has 1 amide bonds. The van der Waals surface area contributed by atoms with Crippen LogP contribution in [0.2, 0.25) is 5.02 Å². The molecular formula is C19H26ClN3O4. The zero-order valence-electron chi connectivity index (χ0n) is 15.6. The second kappa shape index (κ2) is 9.01. The summed E-state index contributed by atoms with van der Waals surface area (Å²) in [6.45, 7) is 8.09. The van der Waals surface area contributed by atoms with Crippen LogP contribution in [0.15, 0.2) is 12.1 Å². The molecule has 27 heavy (non-hydrogen) atoms. The first-order valence-corrected chi connectivity index (χ1v) is 9.64. The molecule has 2 saturated heterocycles. The monoisotopic (exact) mass is 395 g/mol. The molecule has 0 unspecified atom stereocenters. The molecule has 2 heterocycles. The van der Waals surface area contributed by atoms with Gasteiger partial charge in [-0.1, -0.05) is 11.6 Å². The molecule has 2 fully saturated rings. The van der Waals surface area contributed by atoms with E-state index in [1.807, 2.05) is 4.90 Å². The van der Waals surface area contributed by atoms with Crippen LogP contribution in [0, 0.1) is 0 Å². The Labute approximate surface area is 164 Å². The van der Waals surface area contributed by atoms with Crippen molar-refractivity contribution in [2.75, 3.05) is 59.0 Å². The standard InChI is InChI=1S/C19H26ClN3O4/c1-14(24)17-11-16(20)10-15(19(17)26)12-21-2-4-23(5-3-21)18(25)13-22-6-8-27-9-7-22/h10-11,26H,2-9,12-13H2,1H3. The Morgan fingerprint density at radius 2 is 1.74 bits per heavy atom. The quantitative estimate of drug-likeness (QED) is 0.756. The van der Waals surface area contributed by atoms with Gasteiger partial charge in [-0.2, -0.15) is 0 Å². The van der Waals surface area contributed by atoms with Gasteiger partial charge in [-0.05, 0) is 19.1 Å². The van der Waals surface area contributed by atoms with Gasteiger partial charge < -0.3 is 14.7 Å². The second-order valence-corrected chi connectivity index (χ2v) is 7.50. The number of ether oxygens (including phenoxy) is 1. The van der Waals surface area contributed by atoms with Gasteiger partial charge in [0.25, 0.3) is 0 Å². The zero-order chi connectivity index (χ0) is 19.4. The Bertz CT molecular complexity index is 698. The second-order valence-electron chi connectivity index (χ2n) is 7.06. The lowest BCUT2D eigenvalue weighted by Crippen LogP contribution is -2.52. The minimum atomic E-state index is -0.213. The van der Waals surface area contributed by atoms with Gasteiger partial charge in [-0.3, -0.25) is 19.4 Å². The van der Waals surface area contributed by atoms with Crippen LogP contribution >= 0.6 is 11.6 Å². The molecule has 0 bridgehead atoms. The van der Waals surface area contributed by atoms with Gasteiger partial charge in [0.15, 0.2) is 5.78 Å². The Balaban J connectivity index is 1.54. The number of morpholine rings is 1. The maximum Gasteiger partial charge on any atom is 0.236 e. The minimum absolute atomic E-state index is 0.00211.